The Labute approximate surface area is 227 Å². The van der Waals surface area contributed by atoms with Gasteiger partial charge in [-0.25, -0.2) is 0 Å². The Hall–Kier alpha value is -3.14. The Morgan fingerprint density at radius 3 is 2.37 bits per heavy atom. The maximum Gasteiger partial charge on any atom is 0.435 e. The molecule has 0 spiro atoms. The SMILES string of the molecule is CC(=O)CNCCCNC(=O)c1ccc(C2=NOC(c3cc(Cl)cc(Cl)c3)(C(F)(F)F)C2)c2ccccc12. The molecule has 3 aromatic rings. The first-order valence-corrected chi connectivity index (χ1v) is 12.6. The number of hydrogen-bond donors (Lipinski definition) is 2. The van der Waals surface area contributed by atoms with E-state index in [0.717, 1.165) is 0 Å². The van der Waals surface area contributed by atoms with Gasteiger partial charge in [0.25, 0.3) is 11.5 Å². The molecule has 6 nitrogen and oxygen atoms in total. The van der Waals surface area contributed by atoms with Gasteiger partial charge in [0.2, 0.25) is 0 Å². The second kappa shape index (κ2) is 11.3. The number of ketones is 1. The summed E-state index contributed by atoms with van der Waals surface area (Å²) in [6.45, 7) is 2.71. The molecule has 4 rings (SSSR count). The van der Waals surface area contributed by atoms with Crippen molar-refractivity contribution in [2.75, 3.05) is 19.6 Å². The lowest BCUT2D eigenvalue weighted by atomic mass is 9.85. The molecule has 2 N–H and O–H groups in total. The van der Waals surface area contributed by atoms with Gasteiger partial charge in [0.1, 0.15) is 5.78 Å². The zero-order valence-corrected chi connectivity index (χ0v) is 21.8. The average Bonchev–Trinajstić information content (AvgIpc) is 3.31. The van der Waals surface area contributed by atoms with Gasteiger partial charge in [0, 0.05) is 39.7 Å². The number of benzene rings is 3. The summed E-state index contributed by atoms with van der Waals surface area (Å²) in [5, 5.41) is 10.9. The molecule has 0 fully saturated rings. The molecule has 38 heavy (non-hydrogen) atoms. The first kappa shape index (κ1) is 27.9. The van der Waals surface area contributed by atoms with Crippen LogP contribution in [0.1, 0.15) is 41.3 Å². The zero-order valence-electron chi connectivity index (χ0n) is 20.3. The second-order valence-electron chi connectivity index (χ2n) is 8.98. The summed E-state index contributed by atoms with van der Waals surface area (Å²) in [5.74, 6) is -0.288. The van der Waals surface area contributed by atoms with Crippen LogP contribution < -0.4 is 10.6 Å². The summed E-state index contributed by atoms with van der Waals surface area (Å²) in [5.41, 5.74) is -2.13. The van der Waals surface area contributed by atoms with Crippen molar-refractivity contribution in [3.63, 3.8) is 0 Å². The van der Waals surface area contributed by atoms with Gasteiger partial charge in [-0.3, -0.25) is 9.59 Å². The topological polar surface area (TPSA) is 79.8 Å². The lowest BCUT2D eigenvalue weighted by molar-refractivity contribution is -0.275. The number of oxime groups is 1. The van der Waals surface area contributed by atoms with E-state index >= 15 is 0 Å². The predicted molar refractivity (Wildman–Crippen MR) is 141 cm³/mol. The highest BCUT2D eigenvalue weighted by Crippen LogP contribution is 2.50. The van der Waals surface area contributed by atoms with Gasteiger partial charge < -0.3 is 15.5 Å². The highest BCUT2D eigenvalue weighted by Gasteiger charge is 2.62. The van der Waals surface area contributed by atoms with E-state index < -0.39 is 18.2 Å². The van der Waals surface area contributed by atoms with Crippen LogP contribution in [-0.2, 0) is 15.2 Å². The summed E-state index contributed by atoms with van der Waals surface area (Å²) in [6, 6.07) is 13.7. The van der Waals surface area contributed by atoms with Crippen LogP contribution in [0.2, 0.25) is 10.0 Å². The van der Waals surface area contributed by atoms with Gasteiger partial charge >= 0.3 is 6.18 Å². The van der Waals surface area contributed by atoms with Gasteiger partial charge in [0.15, 0.2) is 0 Å². The number of Topliss-reactive ketones (excluding diaryl/α,β-unsaturated/α-hetero) is 1. The second-order valence-corrected chi connectivity index (χ2v) is 9.86. The molecule has 0 aliphatic carbocycles. The normalized spacial score (nSPS) is 17.3. The third kappa shape index (κ3) is 5.80. The number of nitrogens with zero attached hydrogens (tertiary/aromatic N) is 1. The molecule has 1 heterocycles. The van der Waals surface area contributed by atoms with Gasteiger partial charge in [-0.1, -0.05) is 58.7 Å². The third-order valence-electron chi connectivity index (χ3n) is 6.18. The number of halogens is 5. The van der Waals surface area contributed by atoms with Crippen molar-refractivity contribution >= 4 is 51.4 Å². The number of amides is 1. The molecular formula is C27H24Cl2F3N3O3. The van der Waals surface area contributed by atoms with E-state index in [9.17, 15) is 22.8 Å². The first-order chi connectivity index (χ1) is 18.0. The number of alkyl halides is 3. The lowest BCUT2D eigenvalue weighted by Crippen LogP contribution is -2.42. The Balaban J connectivity index is 1.59. The van der Waals surface area contributed by atoms with E-state index in [4.69, 9.17) is 28.0 Å². The van der Waals surface area contributed by atoms with Gasteiger partial charge in [-0.15, -0.1) is 0 Å². The molecule has 0 saturated carbocycles. The number of carbonyl (C=O) groups excluding carboxylic acids is 2. The molecule has 0 bridgehead atoms. The summed E-state index contributed by atoms with van der Waals surface area (Å²) in [7, 11) is 0. The van der Waals surface area contributed by atoms with Crippen molar-refractivity contribution in [3.8, 4) is 0 Å². The van der Waals surface area contributed by atoms with Crippen molar-refractivity contribution in [2.24, 2.45) is 5.16 Å². The largest absolute Gasteiger partial charge is 0.435 e. The number of rotatable bonds is 9. The molecule has 1 aliphatic rings. The van der Waals surface area contributed by atoms with Crippen molar-refractivity contribution in [1.29, 1.82) is 0 Å². The van der Waals surface area contributed by atoms with Crippen molar-refractivity contribution < 1.29 is 27.6 Å². The predicted octanol–water partition coefficient (Wildman–Crippen LogP) is 6.03. The highest BCUT2D eigenvalue weighted by atomic mass is 35.5. The summed E-state index contributed by atoms with van der Waals surface area (Å²) < 4.78 is 43.2. The molecule has 1 unspecified atom stereocenters. The molecule has 0 aromatic heterocycles. The van der Waals surface area contributed by atoms with Crippen LogP contribution in [0.5, 0.6) is 0 Å². The quantitative estimate of drug-likeness (QED) is 0.310. The van der Waals surface area contributed by atoms with Gasteiger partial charge in [-0.05, 0) is 54.9 Å². The smallest absolute Gasteiger partial charge is 0.374 e. The molecule has 0 radical (unpaired) electrons. The number of carbonyl (C=O) groups is 2. The molecular weight excluding hydrogens is 542 g/mol. The van der Waals surface area contributed by atoms with E-state index in [-0.39, 0.29) is 39.6 Å². The fraction of sp³-hybridized carbons (Fsp3) is 0.296. The van der Waals surface area contributed by atoms with Crippen LogP contribution in [-0.4, -0.2) is 43.2 Å². The maximum absolute atomic E-state index is 14.4. The summed E-state index contributed by atoms with van der Waals surface area (Å²) in [6.07, 6.45) is -4.80. The summed E-state index contributed by atoms with van der Waals surface area (Å²) in [4.78, 5) is 29.0. The molecule has 11 heteroatoms. The minimum atomic E-state index is -4.82. The Morgan fingerprint density at radius 1 is 1.03 bits per heavy atom. The van der Waals surface area contributed by atoms with Crippen LogP contribution in [0.15, 0.2) is 59.8 Å². The number of nitrogens with one attached hydrogen (secondary N) is 2. The Bertz CT molecular complexity index is 1390. The van der Waals surface area contributed by atoms with Crippen LogP contribution in [0, 0.1) is 0 Å². The van der Waals surface area contributed by atoms with E-state index in [1.54, 1.807) is 36.4 Å². The molecule has 1 atom stereocenters. The van der Waals surface area contributed by atoms with E-state index in [1.807, 2.05) is 0 Å². The van der Waals surface area contributed by atoms with E-state index in [1.165, 1.54) is 25.1 Å². The van der Waals surface area contributed by atoms with Crippen molar-refractivity contribution in [2.45, 2.75) is 31.5 Å². The Kier molecular flexibility index (Phi) is 8.30. The summed E-state index contributed by atoms with van der Waals surface area (Å²) >= 11 is 12.0. The Morgan fingerprint density at radius 2 is 1.71 bits per heavy atom. The average molecular weight is 566 g/mol. The van der Waals surface area contributed by atoms with E-state index in [0.29, 0.717) is 41.4 Å². The van der Waals surface area contributed by atoms with E-state index in [2.05, 4.69) is 15.8 Å². The van der Waals surface area contributed by atoms with Crippen LogP contribution in [0.4, 0.5) is 13.2 Å². The fourth-order valence-electron chi connectivity index (χ4n) is 4.36. The molecule has 3 aromatic carbocycles. The zero-order chi connectivity index (χ0) is 27.5. The van der Waals surface area contributed by atoms with Gasteiger partial charge in [0.05, 0.1) is 12.3 Å². The first-order valence-electron chi connectivity index (χ1n) is 11.8. The molecule has 1 amide bonds. The monoisotopic (exact) mass is 565 g/mol. The molecule has 1 aliphatic heterocycles. The van der Waals surface area contributed by atoms with Crippen LogP contribution >= 0.6 is 23.2 Å². The number of hydrogen-bond acceptors (Lipinski definition) is 5. The molecule has 0 saturated heterocycles. The minimum absolute atomic E-state index is 0.0294. The van der Waals surface area contributed by atoms with Crippen molar-refractivity contribution in [3.05, 3.63) is 81.3 Å². The standard InChI is InChI=1S/C27H24Cl2F3N3O3/c1-16(36)15-33-9-4-10-34-25(37)23-8-7-22(20-5-2-3-6-21(20)23)24-14-26(38-35-24,27(30,31)32)17-11-18(28)13-19(29)12-17/h2-3,5-8,11-13,33H,4,9-10,14-15H2,1H3,(H,34,37). The minimum Gasteiger partial charge on any atom is -0.374 e. The van der Waals surface area contributed by atoms with Crippen molar-refractivity contribution in [1.82, 2.24) is 10.6 Å². The fourth-order valence-corrected chi connectivity index (χ4v) is 4.88. The maximum atomic E-state index is 14.4. The van der Waals surface area contributed by atoms with Crippen LogP contribution in [0.3, 0.4) is 0 Å². The van der Waals surface area contributed by atoms with Crippen LogP contribution in [0.25, 0.3) is 10.8 Å². The highest BCUT2D eigenvalue weighted by molar-refractivity contribution is 6.34. The van der Waals surface area contributed by atoms with Gasteiger partial charge in [-0.2, -0.15) is 13.2 Å². The number of fused-ring (bicyclic) bond motifs is 1. The molecule has 200 valence electrons. The lowest BCUT2D eigenvalue weighted by Gasteiger charge is -2.29. The third-order valence-corrected chi connectivity index (χ3v) is 6.62.